The van der Waals surface area contributed by atoms with E-state index in [-0.39, 0.29) is 5.75 Å². The van der Waals surface area contributed by atoms with E-state index in [0.717, 1.165) is 11.3 Å². The van der Waals surface area contributed by atoms with Crippen molar-refractivity contribution in [3.05, 3.63) is 39.3 Å². The minimum Gasteiger partial charge on any atom is -0.427 e. The van der Waals surface area contributed by atoms with Crippen LogP contribution in [0.15, 0.2) is 34.2 Å². The average Bonchev–Trinajstić information content (AvgIpc) is 2.66. The molecule has 1 aromatic heterocycles. The lowest BCUT2D eigenvalue weighted by molar-refractivity contribution is -0.185. The lowest BCUT2D eigenvalue weighted by Crippen LogP contribution is -2.21. The van der Waals surface area contributed by atoms with E-state index in [4.69, 9.17) is 0 Å². The minimum atomic E-state index is -3.47. The lowest BCUT2D eigenvalue weighted by atomic mass is 10.3. The Morgan fingerprint density at radius 1 is 1.19 bits per heavy atom. The number of hydrogen-bond donors (Lipinski definition) is 0. The second kappa shape index (κ2) is 4.42. The van der Waals surface area contributed by atoms with Crippen molar-refractivity contribution in [2.75, 3.05) is 0 Å². The van der Waals surface area contributed by atoms with Crippen LogP contribution in [0.2, 0.25) is 0 Å². The highest BCUT2D eigenvalue weighted by Gasteiger charge is 2.39. The largest absolute Gasteiger partial charge is 0.456 e. The summed E-state index contributed by atoms with van der Waals surface area (Å²) in [4.78, 5) is 0. The van der Waals surface area contributed by atoms with Gasteiger partial charge in [0.15, 0.2) is 3.92 Å². The van der Waals surface area contributed by atoms with Gasteiger partial charge in [-0.3, -0.25) is 0 Å². The van der Waals surface area contributed by atoms with E-state index in [1.54, 1.807) is 18.2 Å². The molecule has 16 heavy (non-hydrogen) atoms. The molecule has 2 rings (SSSR count). The zero-order chi connectivity index (χ0) is 11.6. The SMILES string of the molecule is FC(F)(Oc1ccccc1)c1nnc(Br)s1. The molecule has 0 amide bonds. The van der Waals surface area contributed by atoms with Crippen LogP contribution in [0.25, 0.3) is 0 Å². The summed E-state index contributed by atoms with van der Waals surface area (Å²) in [6, 6.07) is 7.84. The topological polar surface area (TPSA) is 35.0 Å². The van der Waals surface area contributed by atoms with E-state index in [0.29, 0.717) is 3.92 Å². The maximum Gasteiger partial charge on any atom is 0.456 e. The zero-order valence-electron chi connectivity index (χ0n) is 7.73. The number of benzene rings is 1. The summed E-state index contributed by atoms with van der Waals surface area (Å²) in [7, 11) is 0. The third-order valence-electron chi connectivity index (χ3n) is 1.64. The summed E-state index contributed by atoms with van der Waals surface area (Å²) < 4.78 is 31.9. The van der Waals surface area contributed by atoms with Crippen LogP contribution in [0.5, 0.6) is 5.75 Å². The summed E-state index contributed by atoms with van der Waals surface area (Å²) in [5.74, 6) is 0.0822. The number of alkyl halides is 2. The van der Waals surface area contributed by atoms with Crippen LogP contribution in [0.3, 0.4) is 0 Å². The quantitative estimate of drug-likeness (QED) is 0.871. The first-order valence-electron chi connectivity index (χ1n) is 4.19. The van der Waals surface area contributed by atoms with Gasteiger partial charge in [-0.05, 0) is 28.1 Å². The van der Waals surface area contributed by atoms with Gasteiger partial charge in [0.05, 0.1) is 0 Å². The van der Waals surface area contributed by atoms with Gasteiger partial charge in [0, 0.05) is 0 Å². The number of aromatic nitrogens is 2. The zero-order valence-corrected chi connectivity index (χ0v) is 10.1. The molecule has 0 fully saturated rings. The molecule has 0 saturated carbocycles. The van der Waals surface area contributed by atoms with E-state index in [1.165, 1.54) is 12.1 Å². The van der Waals surface area contributed by atoms with Gasteiger partial charge in [-0.15, -0.1) is 10.2 Å². The van der Waals surface area contributed by atoms with Crippen molar-refractivity contribution >= 4 is 27.3 Å². The van der Waals surface area contributed by atoms with Crippen molar-refractivity contribution < 1.29 is 13.5 Å². The van der Waals surface area contributed by atoms with Crippen molar-refractivity contribution in [1.29, 1.82) is 0 Å². The van der Waals surface area contributed by atoms with E-state index in [9.17, 15) is 8.78 Å². The molecule has 0 unspecified atom stereocenters. The number of rotatable bonds is 3. The standard InChI is InChI=1S/C9H5BrF2N2OS/c10-8-14-13-7(16-8)9(11,12)15-6-4-2-1-3-5-6/h1-5H. The molecule has 7 heteroatoms. The fourth-order valence-corrected chi connectivity index (χ4v) is 2.03. The van der Waals surface area contributed by atoms with E-state index >= 15 is 0 Å². The Kier molecular flexibility index (Phi) is 3.15. The van der Waals surface area contributed by atoms with Crippen LogP contribution < -0.4 is 4.74 Å². The Balaban J connectivity index is 2.20. The van der Waals surface area contributed by atoms with Gasteiger partial charge in [0.25, 0.3) is 0 Å². The van der Waals surface area contributed by atoms with Crippen molar-refractivity contribution in [2.24, 2.45) is 0 Å². The summed E-state index contributed by atoms with van der Waals surface area (Å²) in [6.07, 6.45) is -3.47. The van der Waals surface area contributed by atoms with Gasteiger partial charge < -0.3 is 4.74 Å². The number of halogens is 3. The second-order valence-electron chi connectivity index (χ2n) is 2.79. The van der Waals surface area contributed by atoms with Crippen molar-refractivity contribution in [2.45, 2.75) is 6.11 Å². The molecule has 0 aliphatic carbocycles. The van der Waals surface area contributed by atoms with Crippen molar-refractivity contribution in [3.63, 3.8) is 0 Å². The van der Waals surface area contributed by atoms with Gasteiger partial charge in [-0.2, -0.15) is 8.78 Å². The lowest BCUT2D eigenvalue weighted by Gasteiger charge is -2.14. The molecule has 0 aliphatic rings. The van der Waals surface area contributed by atoms with Crippen LogP contribution in [-0.4, -0.2) is 10.2 Å². The third-order valence-corrected chi connectivity index (χ3v) is 3.05. The highest BCUT2D eigenvalue weighted by atomic mass is 79.9. The second-order valence-corrected chi connectivity index (χ2v) is 5.05. The molecular weight excluding hydrogens is 302 g/mol. The Hall–Kier alpha value is -1.08. The first-order valence-corrected chi connectivity index (χ1v) is 5.80. The first kappa shape index (κ1) is 11.4. The van der Waals surface area contributed by atoms with E-state index < -0.39 is 11.1 Å². The molecule has 3 nitrogen and oxygen atoms in total. The minimum absolute atomic E-state index is 0.0822. The predicted octanol–water partition coefficient (Wildman–Crippen LogP) is 3.43. The molecule has 1 aromatic carbocycles. The van der Waals surface area contributed by atoms with Crippen LogP contribution in [0.4, 0.5) is 8.78 Å². The molecule has 0 bridgehead atoms. The highest BCUT2D eigenvalue weighted by molar-refractivity contribution is 9.11. The van der Waals surface area contributed by atoms with E-state index in [1.807, 2.05) is 0 Å². The van der Waals surface area contributed by atoms with Crippen LogP contribution >= 0.6 is 27.3 Å². The van der Waals surface area contributed by atoms with Crippen molar-refractivity contribution in [3.8, 4) is 5.75 Å². The van der Waals surface area contributed by atoms with Crippen molar-refractivity contribution in [1.82, 2.24) is 10.2 Å². The average molecular weight is 307 g/mol. The van der Waals surface area contributed by atoms with Crippen LogP contribution in [-0.2, 0) is 6.11 Å². The number of para-hydroxylation sites is 1. The third kappa shape index (κ3) is 2.53. The molecule has 1 heterocycles. The van der Waals surface area contributed by atoms with Gasteiger partial charge in [0.2, 0.25) is 5.01 Å². The fraction of sp³-hybridized carbons (Fsp3) is 0.111. The monoisotopic (exact) mass is 306 g/mol. The Morgan fingerprint density at radius 2 is 1.88 bits per heavy atom. The fourth-order valence-electron chi connectivity index (χ4n) is 1.00. The Morgan fingerprint density at radius 3 is 2.44 bits per heavy atom. The number of nitrogens with zero attached hydrogens (tertiary/aromatic N) is 2. The molecular formula is C9H5BrF2N2OS. The molecule has 0 aliphatic heterocycles. The van der Waals surface area contributed by atoms with Gasteiger partial charge >= 0.3 is 6.11 Å². The molecule has 84 valence electrons. The normalized spacial score (nSPS) is 11.4. The first-order chi connectivity index (χ1) is 7.58. The molecule has 0 radical (unpaired) electrons. The maximum atomic E-state index is 13.5. The molecule has 0 spiro atoms. The highest BCUT2D eigenvalue weighted by Crippen LogP contribution is 2.34. The maximum absolute atomic E-state index is 13.5. The summed E-state index contributed by atoms with van der Waals surface area (Å²) in [5.41, 5.74) is 0. The molecule has 0 N–H and O–H groups in total. The van der Waals surface area contributed by atoms with Gasteiger partial charge in [-0.25, -0.2) is 0 Å². The van der Waals surface area contributed by atoms with Crippen LogP contribution in [0, 0.1) is 0 Å². The molecule has 2 aromatic rings. The Bertz CT molecular complexity index is 477. The number of hydrogen-bond acceptors (Lipinski definition) is 4. The smallest absolute Gasteiger partial charge is 0.427 e. The molecule has 0 atom stereocenters. The summed E-state index contributed by atoms with van der Waals surface area (Å²) >= 11 is 3.70. The van der Waals surface area contributed by atoms with Gasteiger partial charge in [0.1, 0.15) is 5.75 Å². The summed E-state index contributed by atoms with van der Waals surface area (Å²) in [6.45, 7) is 0. The van der Waals surface area contributed by atoms with Gasteiger partial charge in [-0.1, -0.05) is 29.5 Å². The van der Waals surface area contributed by atoms with Crippen LogP contribution in [0.1, 0.15) is 5.01 Å². The summed E-state index contributed by atoms with van der Waals surface area (Å²) in [5, 5.41) is 6.30. The predicted molar refractivity (Wildman–Crippen MR) is 58.6 cm³/mol. The number of ether oxygens (including phenoxy) is 1. The Labute approximate surface area is 102 Å². The van der Waals surface area contributed by atoms with E-state index in [2.05, 4.69) is 30.9 Å². The molecule has 0 saturated heterocycles.